The standard InChI is InChI=1S/C8H9BrFNO/c1-5(9)7-3-8(12-2)6(10)4-11-7/h3-5H,1-2H3. The van der Waals surface area contributed by atoms with Gasteiger partial charge in [0, 0.05) is 6.07 Å². The topological polar surface area (TPSA) is 22.1 Å². The molecule has 1 atom stereocenters. The average molecular weight is 234 g/mol. The molecule has 0 aliphatic carbocycles. The van der Waals surface area contributed by atoms with Gasteiger partial charge in [-0.15, -0.1) is 0 Å². The van der Waals surface area contributed by atoms with Crippen LogP contribution in [0.4, 0.5) is 4.39 Å². The Labute approximate surface area is 78.9 Å². The van der Waals surface area contributed by atoms with Crippen LogP contribution in [-0.2, 0) is 0 Å². The highest BCUT2D eigenvalue weighted by molar-refractivity contribution is 9.09. The number of hydrogen-bond acceptors (Lipinski definition) is 2. The molecule has 0 bridgehead atoms. The Balaban J connectivity index is 3.05. The van der Waals surface area contributed by atoms with Crippen LogP contribution in [-0.4, -0.2) is 12.1 Å². The predicted molar refractivity (Wildman–Crippen MR) is 48.1 cm³/mol. The van der Waals surface area contributed by atoms with E-state index in [1.165, 1.54) is 7.11 Å². The molecule has 0 amide bonds. The summed E-state index contributed by atoms with van der Waals surface area (Å²) in [4.78, 5) is 3.99. The van der Waals surface area contributed by atoms with Crippen molar-refractivity contribution in [3.8, 4) is 5.75 Å². The maximum absolute atomic E-state index is 12.8. The van der Waals surface area contributed by atoms with Gasteiger partial charge < -0.3 is 4.74 Å². The van der Waals surface area contributed by atoms with E-state index in [1.807, 2.05) is 6.92 Å². The van der Waals surface area contributed by atoms with E-state index in [0.29, 0.717) is 0 Å². The maximum Gasteiger partial charge on any atom is 0.183 e. The summed E-state index contributed by atoms with van der Waals surface area (Å²) in [5.74, 6) is -0.208. The molecule has 0 saturated heterocycles. The molecule has 0 N–H and O–H groups in total. The van der Waals surface area contributed by atoms with Gasteiger partial charge in [0.15, 0.2) is 11.6 Å². The van der Waals surface area contributed by atoms with E-state index in [9.17, 15) is 4.39 Å². The lowest BCUT2D eigenvalue weighted by molar-refractivity contribution is 0.384. The van der Waals surface area contributed by atoms with Crippen LogP contribution < -0.4 is 4.74 Å². The van der Waals surface area contributed by atoms with Gasteiger partial charge in [0.2, 0.25) is 0 Å². The summed E-state index contributed by atoms with van der Waals surface area (Å²) in [6, 6.07) is 1.58. The normalized spacial score (nSPS) is 12.7. The van der Waals surface area contributed by atoms with Crippen molar-refractivity contribution in [1.29, 1.82) is 0 Å². The van der Waals surface area contributed by atoms with Gasteiger partial charge in [-0.3, -0.25) is 4.98 Å². The third-order valence-electron chi connectivity index (χ3n) is 1.47. The second kappa shape index (κ2) is 3.85. The highest BCUT2D eigenvalue weighted by Crippen LogP contribution is 2.24. The smallest absolute Gasteiger partial charge is 0.183 e. The first-order valence-electron chi connectivity index (χ1n) is 3.48. The van der Waals surface area contributed by atoms with E-state index in [1.54, 1.807) is 6.07 Å². The summed E-state index contributed by atoms with van der Waals surface area (Å²) in [6.07, 6.45) is 1.16. The summed E-state index contributed by atoms with van der Waals surface area (Å²) in [6.45, 7) is 1.92. The van der Waals surface area contributed by atoms with E-state index in [0.717, 1.165) is 11.9 Å². The van der Waals surface area contributed by atoms with Gasteiger partial charge in [0.1, 0.15) is 0 Å². The molecule has 0 aliphatic rings. The van der Waals surface area contributed by atoms with Gasteiger partial charge in [-0.25, -0.2) is 4.39 Å². The fourth-order valence-electron chi connectivity index (χ4n) is 0.809. The lowest BCUT2D eigenvalue weighted by atomic mass is 10.3. The van der Waals surface area contributed by atoms with Crippen LogP contribution in [0.1, 0.15) is 17.4 Å². The lowest BCUT2D eigenvalue weighted by Crippen LogP contribution is -1.94. The molecule has 0 saturated carbocycles. The molecule has 1 unspecified atom stereocenters. The lowest BCUT2D eigenvalue weighted by Gasteiger charge is -2.05. The fourth-order valence-corrected chi connectivity index (χ4v) is 1.06. The number of rotatable bonds is 2. The van der Waals surface area contributed by atoms with Crippen LogP contribution in [0.15, 0.2) is 12.3 Å². The van der Waals surface area contributed by atoms with Crippen molar-refractivity contribution in [2.24, 2.45) is 0 Å². The van der Waals surface area contributed by atoms with Crippen LogP contribution in [0.3, 0.4) is 0 Å². The highest BCUT2D eigenvalue weighted by atomic mass is 79.9. The molecule has 2 nitrogen and oxygen atoms in total. The number of nitrogens with zero attached hydrogens (tertiary/aromatic N) is 1. The number of pyridine rings is 1. The first kappa shape index (κ1) is 9.45. The summed E-state index contributed by atoms with van der Waals surface area (Å²) < 4.78 is 17.6. The van der Waals surface area contributed by atoms with Gasteiger partial charge in [-0.05, 0) is 6.92 Å². The van der Waals surface area contributed by atoms with Crippen molar-refractivity contribution < 1.29 is 9.13 Å². The number of ether oxygens (including phenoxy) is 1. The van der Waals surface area contributed by atoms with Crippen molar-refractivity contribution in [3.05, 3.63) is 23.8 Å². The minimum atomic E-state index is -0.436. The van der Waals surface area contributed by atoms with Gasteiger partial charge in [0.25, 0.3) is 0 Å². The largest absolute Gasteiger partial charge is 0.494 e. The molecule has 1 aromatic rings. The molecule has 0 spiro atoms. The van der Waals surface area contributed by atoms with Crippen molar-refractivity contribution in [1.82, 2.24) is 4.98 Å². The Morgan fingerprint density at radius 2 is 2.33 bits per heavy atom. The Morgan fingerprint density at radius 3 is 2.83 bits per heavy atom. The molecule has 0 aromatic carbocycles. The van der Waals surface area contributed by atoms with Gasteiger partial charge in [-0.2, -0.15) is 0 Å². The number of alkyl halides is 1. The van der Waals surface area contributed by atoms with Crippen molar-refractivity contribution in [2.45, 2.75) is 11.8 Å². The zero-order valence-electron chi connectivity index (χ0n) is 6.84. The Morgan fingerprint density at radius 1 is 1.67 bits per heavy atom. The number of hydrogen-bond donors (Lipinski definition) is 0. The maximum atomic E-state index is 12.8. The van der Waals surface area contributed by atoms with E-state index in [2.05, 4.69) is 20.9 Å². The van der Waals surface area contributed by atoms with Gasteiger partial charge >= 0.3 is 0 Å². The fraction of sp³-hybridized carbons (Fsp3) is 0.375. The molecule has 1 rings (SSSR count). The molecule has 1 aromatic heterocycles. The highest BCUT2D eigenvalue weighted by Gasteiger charge is 2.07. The molecule has 66 valence electrons. The molecule has 0 aliphatic heterocycles. The zero-order chi connectivity index (χ0) is 9.14. The van der Waals surface area contributed by atoms with E-state index in [-0.39, 0.29) is 10.6 Å². The first-order chi connectivity index (χ1) is 5.65. The number of methoxy groups -OCH3 is 1. The minimum Gasteiger partial charge on any atom is -0.494 e. The molecule has 0 fully saturated rings. The molecule has 1 heterocycles. The minimum absolute atomic E-state index is 0.104. The predicted octanol–water partition coefficient (Wildman–Crippen LogP) is 2.69. The quantitative estimate of drug-likeness (QED) is 0.734. The molecular formula is C8H9BrFNO. The average Bonchev–Trinajstić information content (AvgIpc) is 2.05. The SMILES string of the molecule is COc1cc(C(C)Br)ncc1F. The Bertz CT molecular complexity index is 278. The summed E-state index contributed by atoms with van der Waals surface area (Å²) in [5.41, 5.74) is 0.758. The van der Waals surface area contributed by atoms with Crippen LogP contribution in [0.25, 0.3) is 0 Å². The Hall–Kier alpha value is -0.640. The van der Waals surface area contributed by atoms with Crippen LogP contribution in [0.2, 0.25) is 0 Å². The van der Waals surface area contributed by atoms with Crippen molar-refractivity contribution in [2.75, 3.05) is 7.11 Å². The molecular weight excluding hydrogens is 225 g/mol. The van der Waals surface area contributed by atoms with Gasteiger partial charge in [-0.1, -0.05) is 15.9 Å². The summed E-state index contributed by atoms with van der Waals surface area (Å²) >= 11 is 3.33. The number of halogens is 2. The third-order valence-corrected chi connectivity index (χ3v) is 1.94. The monoisotopic (exact) mass is 233 g/mol. The third kappa shape index (κ3) is 1.94. The van der Waals surface area contributed by atoms with E-state index < -0.39 is 5.82 Å². The van der Waals surface area contributed by atoms with Crippen LogP contribution >= 0.6 is 15.9 Å². The van der Waals surface area contributed by atoms with Crippen molar-refractivity contribution in [3.63, 3.8) is 0 Å². The number of aromatic nitrogens is 1. The molecule has 4 heteroatoms. The second-order valence-corrected chi connectivity index (χ2v) is 3.73. The Kier molecular flexibility index (Phi) is 3.03. The summed E-state index contributed by atoms with van der Waals surface area (Å²) in [5, 5.41) is 0. The van der Waals surface area contributed by atoms with Crippen molar-refractivity contribution >= 4 is 15.9 Å². The zero-order valence-corrected chi connectivity index (χ0v) is 8.43. The van der Waals surface area contributed by atoms with E-state index in [4.69, 9.17) is 4.74 Å². The molecule has 0 radical (unpaired) electrons. The summed E-state index contributed by atoms with van der Waals surface area (Å²) in [7, 11) is 1.43. The van der Waals surface area contributed by atoms with Gasteiger partial charge in [0.05, 0.1) is 23.8 Å². The second-order valence-electron chi connectivity index (χ2n) is 2.36. The van der Waals surface area contributed by atoms with E-state index >= 15 is 0 Å². The van der Waals surface area contributed by atoms with Crippen LogP contribution in [0.5, 0.6) is 5.75 Å². The first-order valence-corrected chi connectivity index (χ1v) is 4.40. The molecule has 12 heavy (non-hydrogen) atoms. The van der Waals surface area contributed by atoms with Crippen LogP contribution in [0, 0.1) is 5.82 Å².